The van der Waals surface area contributed by atoms with E-state index in [1.807, 2.05) is 19.1 Å². The van der Waals surface area contributed by atoms with Crippen molar-refractivity contribution in [2.45, 2.75) is 20.4 Å². The van der Waals surface area contributed by atoms with Crippen molar-refractivity contribution in [2.75, 3.05) is 17.7 Å². The molecule has 1 amide bonds. The summed E-state index contributed by atoms with van der Waals surface area (Å²) in [5.41, 5.74) is 3.26. The number of hydrogen-bond donors (Lipinski definition) is 2. The van der Waals surface area contributed by atoms with Gasteiger partial charge in [0.15, 0.2) is 0 Å². The number of aryl methyl sites for hydroxylation is 2. The quantitative estimate of drug-likeness (QED) is 0.653. The molecule has 0 saturated heterocycles. The molecule has 0 aliphatic rings. The minimum Gasteiger partial charge on any atom is -0.495 e. The van der Waals surface area contributed by atoms with Crippen LogP contribution in [-0.4, -0.2) is 28.0 Å². The number of amides is 1. The van der Waals surface area contributed by atoms with Gasteiger partial charge < -0.3 is 15.4 Å². The molecular weight excluding hydrogens is 378 g/mol. The van der Waals surface area contributed by atoms with Crippen LogP contribution in [-0.2, 0) is 6.54 Å². The van der Waals surface area contributed by atoms with Gasteiger partial charge in [-0.05, 0) is 43.2 Å². The second kappa shape index (κ2) is 8.67. The molecule has 2 aromatic heterocycles. The highest BCUT2D eigenvalue weighted by atomic mass is 35.5. The number of aromatic nitrogens is 3. The zero-order chi connectivity index (χ0) is 20.1. The summed E-state index contributed by atoms with van der Waals surface area (Å²) in [7, 11) is 1.52. The number of benzene rings is 1. The third kappa shape index (κ3) is 4.75. The van der Waals surface area contributed by atoms with Crippen molar-refractivity contribution in [3.8, 4) is 5.75 Å². The molecule has 0 spiro atoms. The van der Waals surface area contributed by atoms with Gasteiger partial charge in [-0.3, -0.25) is 9.78 Å². The van der Waals surface area contributed by atoms with Gasteiger partial charge in [-0.15, -0.1) is 0 Å². The van der Waals surface area contributed by atoms with Gasteiger partial charge >= 0.3 is 0 Å². The number of nitrogens with zero attached hydrogens (tertiary/aromatic N) is 3. The van der Waals surface area contributed by atoms with Crippen LogP contribution in [0.25, 0.3) is 0 Å². The maximum atomic E-state index is 12.7. The summed E-state index contributed by atoms with van der Waals surface area (Å²) in [6.45, 7) is 4.16. The van der Waals surface area contributed by atoms with Gasteiger partial charge in [0.25, 0.3) is 5.91 Å². The monoisotopic (exact) mass is 397 g/mol. The number of rotatable bonds is 6. The fraction of sp³-hybridized carbons (Fsp3) is 0.200. The predicted octanol–water partition coefficient (Wildman–Crippen LogP) is 4.01. The summed E-state index contributed by atoms with van der Waals surface area (Å²) in [6, 6.07) is 8.85. The molecule has 0 aliphatic carbocycles. The van der Waals surface area contributed by atoms with E-state index in [-0.39, 0.29) is 11.6 Å². The molecule has 0 radical (unpaired) electrons. The highest BCUT2D eigenvalue weighted by Crippen LogP contribution is 2.31. The molecule has 3 aromatic rings. The van der Waals surface area contributed by atoms with Crippen LogP contribution in [0.4, 0.5) is 11.6 Å². The highest BCUT2D eigenvalue weighted by Gasteiger charge is 2.15. The minimum atomic E-state index is -0.366. The van der Waals surface area contributed by atoms with Crippen molar-refractivity contribution >= 4 is 29.1 Å². The molecule has 0 saturated carbocycles. The predicted molar refractivity (Wildman–Crippen MR) is 109 cm³/mol. The van der Waals surface area contributed by atoms with Crippen molar-refractivity contribution in [2.24, 2.45) is 0 Å². The standard InChI is InChI=1S/C20H20ClN5O2/c1-12-7-16(18(28-3)9-15(12)21)25-19(27)17-8-13(2)24-20(26-17)23-11-14-5-4-6-22-10-14/h4-10H,11H2,1-3H3,(H,25,27)(H,23,24,26). The van der Waals surface area contributed by atoms with E-state index >= 15 is 0 Å². The van der Waals surface area contributed by atoms with E-state index in [0.29, 0.717) is 34.6 Å². The van der Waals surface area contributed by atoms with Crippen LogP contribution in [0, 0.1) is 13.8 Å². The lowest BCUT2D eigenvalue weighted by molar-refractivity contribution is 0.102. The van der Waals surface area contributed by atoms with Gasteiger partial charge in [0, 0.05) is 35.7 Å². The van der Waals surface area contributed by atoms with Crippen LogP contribution in [0.2, 0.25) is 5.02 Å². The summed E-state index contributed by atoms with van der Waals surface area (Å²) in [5.74, 6) is 0.479. The second-order valence-electron chi connectivity index (χ2n) is 6.19. The Morgan fingerprint density at radius 2 is 2.04 bits per heavy atom. The number of carbonyl (C=O) groups is 1. The molecular formula is C20H20ClN5O2. The summed E-state index contributed by atoms with van der Waals surface area (Å²) >= 11 is 6.12. The van der Waals surface area contributed by atoms with Gasteiger partial charge in [-0.1, -0.05) is 17.7 Å². The van der Waals surface area contributed by atoms with Gasteiger partial charge in [0.05, 0.1) is 12.8 Å². The Balaban J connectivity index is 1.79. The SMILES string of the molecule is COc1cc(Cl)c(C)cc1NC(=O)c1cc(C)nc(NCc2cccnc2)n1. The van der Waals surface area contributed by atoms with E-state index in [9.17, 15) is 4.79 Å². The molecule has 0 aliphatic heterocycles. The Labute approximate surface area is 168 Å². The summed E-state index contributed by atoms with van der Waals surface area (Å²) in [4.78, 5) is 25.5. The largest absolute Gasteiger partial charge is 0.495 e. The number of methoxy groups -OCH3 is 1. The number of carbonyl (C=O) groups excluding carboxylic acids is 1. The molecule has 2 N–H and O–H groups in total. The second-order valence-corrected chi connectivity index (χ2v) is 6.60. The van der Waals surface area contributed by atoms with E-state index in [1.165, 1.54) is 7.11 Å². The zero-order valence-electron chi connectivity index (χ0n) is 15.8. The Bertz CT molecular complexity index is 995. The maximum absolute atomic E-state index is 12.7. The van der Waals surface area contributed by atoms with E-state index in [1.54, 1.807) is 37.5 Å². The molecule has 0 unspecified atom stereocenters. The minimum absolute atomic E-state index is 0.246. The molecule has 0 fully saturated rings. The van der Waals surface area contributed by atoms with Crippen LogP contribution >= 0.6 is 11.6 Å². The van der Waals surface area contributed by atoms with Crippen molar-refractivity contribution in [3.63, 3.8) is 0 Å². The number of ether oxygens (including phenoxy) is 1. The normalized spacial score (nSPS) is 10.4. The molecule has 1 aromatic carbocycles. The van der Waals surface area contributed by atoms with Gasteiger partial charge in [-0.25, -0.2) is 9.97 Å². The number of pyridine rings is 1. The van der Waals surface area contributed by atoms with Crippen molar-refractivity contribution in [1.82, 2.24) is 15.0 Å². The average Bonchev–Trinajstić information content (AvgIpc) is 2.69. The molecule has 0 bridgehead atoms. The lowest BCUT2D eigenvalue weighted by Gasteiger charge is -2.13. The van der Waals surface area contributed by atoms with Crippen LogP contribution in [0.15, 0.2) is 42.7 Å². The molecule has 144 valence electrons. The number of anilines is 2. The molecule has 3 rings (SSSR count). The Morgan fingerprint density at radius 1 is 1.21 bits per heavy atom. The molecule has 7 nitrogen and oxygen atoms in total. The van der Waals surface area contributed by atoms with Crippen LogP contribution < -0.4 is 15.4 Å². The van der Waals surface area contributed by atoms with Gasteiger partial charge in [0.2, 0.25) is 5.95 Å². The fourth-order valence-corrected chi connectivity index (χ4v) is 2.72. The van der Waals surface area contributed by atoms with Crippen LogP contribution in [0.1, 0.15) is 27.3 Å². The van der Waals surface area contributed by atoms with E-state index in [0.717, 1.165) is 11.1 Å². The first-order chi connectivity index (χ1) is 13.5. The van der Waals surface area contributed by atoms with Crippen LogP contribution in [0.3, 0.4) is 0 Å². The molecule has 2 heterocycles. The van der Waals surface area contributed by atoms with Gasteiger partial charge in [0.1, 0.15) is 11.4 Å². The van der Waals surface area contributed by atoms with E-state index in [4.69, 9.17) is 16.3 Å². The maximum Gasteiger partial charge on any atom is 0.274 e. The fourth-order valence-electron chi connectivity index (χ4n) is 2.56. The van der Waals surface area contributed by atoms with Crippen molar-refractivity contribution < 1.29 is 9.53 Å². The topological polar surface area (TPSA) is 89.0 Å². The molecule has 8 heteroatoms. The first kappa shape index (κ1) is 19.6. The number of halogens is 1. The first-order valence-electron chi connectivity index (χ1n) is 8.60. The Morgan fingerprint density at radius 3 is 2.75 bits per heavy atom. The van der Waals surface area contributed by atoms with E-state index < -0.39 is 0 Å². The Kier molecular flexibility index (Phi) is 6.06. The molecule has 28 heavy (non-hydrogen) atoms. The lowest BCUT2D eigenvalue weighted by atomic mass is 10.2. The first-order valence-corrected chi connectivity index (χ1v) is 8.98. The van der Waals surface area contributed by atoms with Crippen molar-refractivity contribution in [3.05, 3.63) is 70.3 Å². The summed E-state index contributed by atoms with van der Waals surface area (Å²) in [6.07, 6.45) is 3.47. The third-order valence-corrected chi connectivity index (χ3v) is 4.40. The highest BCUT2D eigenvalue weighted by molar-refractivity contribution is 6.31. The van der Waals surface area contributed by atoms with E-state index in [2.05, 4.69) is 25.6 Å². The number of hydrogen-bond acceptors (Lipinski definition) is 6. The lowest BCUT2D eigenvalue weighted by Crippen LogP contribution is -2.16. The van der Waals surface area contributed by atoms with Crippen molar-refractivity contribution in [1.29, 1.82) is 0 Å². The van der Waals surface area contributed by atoms with Gasteiger partial charge in [-0.2, -0.15) is 0 Å². The number of nitrogens with one attached hydrogen (secondary N) is 2. The summed E-state index contributed by atoms with van der Waals surface area (Å²) in [5, 5.41) is 6.50. The zero-order valence-corrected chi connectivity index (χ0v) is 16.5. The van der Waals surface area contributed by atoms with Crippen LogP contribution in [0.5, 0.6) is 5.75 Å². The molecule has 0 atom stereocenters. The third-order valence-electron chi connectivity index (χ3n) is 3.99. The summed E-state index contributed by atoms with van der Waals surface area (Å²) < 4.78 is 5.30. The smallest absolute Gasteiger partial charge is 0.274 e. The Hall–Kier alpha value is -3.19. The average molecular weight is 398 g/mol.